The van der Waals surface area contributed by atoms with Crippen LogP contribution in [0.1, 0.15) is 34.4 Å². The van der Waals surface area contributed by atoms with Crippen molar-refractivity contribution in [2.24, 2.45) is 0 Å². The van der Waals surface area contributed by atoms with Gasteiger partial charge in [-0.2, -0.15) is 22.7 Å². The number of nitrogens with zero attached hydrogens (tertiary/aromatic N) is 8. The molecule has 0 radical (unpaired) electrons. The number of nitrogens with one attached hydrogen (secondary N) is 2. The van der Waals surface area contributed by atoms with Crippen LogP contribution in [0.4, 0.5) is 24.5 Å². The molecule has 1 aliphatic rings. The number of H-pyrrole nitrogens is 1. The SMILES string of the molecule is CCc1c(N2CCN(C(=O)c3ncnc(C)c3O)CC2)c(=O)n2nc(-c3ccc4cc[nH]c4c3)nc2n1CC(=O)Nc1ccc(C(F)(F)F)cc1Cl. The summed E-state index contributed by atoms with van der Waals surface area (Å²) < 4.78 is 42.4. The van der Waals surface area contributed by atoms with E-state index in [2.05, 4.69) is 25.4 Å². The Kier molecular flexibility index (Phi) is 8.82. The van der Waals surface area contributed by atoms with Crippen LogP contribution in [0.15, 0.2) is 59.8 Å². The van der Waals surface area contributed by atoms with Crippen LogP contribution in [0.2, 0.25) is 5.02 Å². The topological polar surface area (TPSA) is 167 Å². The van der Waals surface area contributed by atoms with Gasteiger partial charge in [-0.15, -0.1) is 5.10 Å². The van der Waals surface area contributed by atoms with E-state index in [0.29, 0.717) is 11.3 Å². The molecule has 18 heteroatoms. The van der Waals surface area contributed by atoms with E-state index in [1.54, 1.807) is 17.7 Å². The summed E-state index contributed by atoms with van der Waals surface area (Å²) in [6.45, 7) is 3.81. The summed E-state index contributed by atoms with van der Waals surface area (Å²) in [5, 5.41) is 18.2. The van der Waals surface area contributed by atoms with Crippen LogP contribution in [-0.2, 0) is 23.9 Å². The van der Waals surface area contributed by atoms with Crippen LogP contribution < -0.4 is 15.8 Å². The van der Waals surface area contributed by atoms with Crippen molar-refractivity contribution in [3.8, 4) is 17.1 Å². The molecule has 1 saturated heterocycles. The number of aromatic amines is 1. The van der Waals surface area contributed by atoms with Crippen LogP contribution in [0.25, 0.3) is 28.1 Å². The molecule has 5 heterocycles. The van der Waals surface area contributed by atoms with Gasteiger partial charge >= 0.3 is 6.18 Å². The summed E-state index contributed by atoms with van der Waals surface area (Å²) in [4.78, 5) is 60.1. The largest absolute Gasteiger partial charge is 0.504 e. The van der Waals surface area contributed by atoms with E-state index in [1.165, 1.54) is 11.2 Å². The fourth-order valence-corrected chi connectivity index (χ4v) is 6.50. The Bertz CT molecular complexity index is 2430. The Labute approximate surface area is 297 Å². The number of aromatic nitrogens is 7. The lowest BCUT2D eigenvalue weighted by Crippen LogP contribution is -2.51. The number of amides is 2. The second kappa shape index (κ2) is 13.3. The molecule has 4 aromatic heterocycles. The number of hydrogen-bond donors (Lipinski definition) is 3. The van der Waals surface area contributed by atoms with Gasteiger partial charge in [0.2, 0.25) is 11.7 Å². The molecule has 0 unspecified atom stereocenters. The molecule has 1 aliphatic heterocycles. The molecule has 0 bridgehead atoms. The molecule has 2 aromatic carbocycles. The van der Waals surface area contributed by atoms with Crippen molar-refractivity contribution in [2.45, 2.75) is 33.0 Å². The number of anilines is 2. The molecule has 52 heavy (non-hydrogen) atoms. The van der Waals surface area contributed by atoms with Gasteiger partial charge in [-0.25, -0.2) is 9.97 Å². The van der Waals surface area contributed by atoms with E-state index in [0.717, 1.165) is 33.6 Å². The summed E-state index contributed by atoms with van der Waals surface area (Å²) in [5.74, 6) is -1.12. The van der Waals surface area contributed by atoms with Crippen molar-refractivity contribution >= 4 is 51.5 Å². The standard InChI is InChI=1S/C34H30ClF3N10O4/c1-3-25-28(45-10-12-46(13-11-45)31(51)27-29(50)18(2)40-17-41-27)32(52)48-33(43-30(44-48)20-5-4-19-8-9-39-24(19)14-20)47(25)16-26(49)42-23-7-6-21(15-22(23)35)34(36,37)38/h4-9,14-15,17,39,50H,3,10-13,16H2,1-2H3,(H,42,49). The summed E-state index contributed by atoms with van der Waals surface area (Å²) in [6, 6.07) is 10.1. The normalized spacial score (nSPS) is 13.7. The lowest BCUT2D eigenvalue weighted by atomic mass is 10.1. The zero-order chi connectivity index (χ0) is 36.9. The summed E-state index contributed by atoms with van der Waals surface area (Å²) in [6.07, 6.45) is -1.35. The van der Waals surface area contributed by atoms with Gasteiger partial charge in [-0.05, 0) is 49.1 Å². The van der Waals surface area contributed by atoms with Crippen LogP contribution in [-0.4, -0.2) is 82.1 Å². The fourth-order valence-electron chi connectivity index (χ4n) is 6.27. The molecule has 3 N–H and O–H groups in total. The Hall–Kier alpha value is -5.97. The first kappa shape index (κ1) is 34.5. The van der Waals surface area contributed by atoms with Gasteiger partial charge in [0.15, 0.2) is 17.3 Å². The third-order valence-corrected chi connectivity index (χ3v) is 9.25. The van der Waals surface area contributed by atoms with Crippen molar-refractivity contribution in [1.29, 1.82) is 0 Å². The third-order valence-electron chi connectivity index (χ3n) is 8.94. The molecule has 0 spiro atoms. The third kappa shape index (κ3) is 6.27. The predicted octanol–water partition coefficient (Wildman–Crippen LogP) is 4.68. The predicted molar refractivity (Wildman–Crippen MR) is 186 cm³/mol. The number of alkyl halides is 3. The monoisotopic (exact) mass is 734 g/mol. The Morgan fingerprint density at radius 3 is 2.54 bits per heavy atom. The Morgan fingerprint density at radius 2 is 1.83 bits per heavy atom. The number of benzene rings is 2. The number of piperazine rings is 1. The molecule has 14 nitrogen and oxygen atoms in total. The second-order valence-electron chi connectivity index (χ2n) is 12.1. The number of fused-ring (bicyclic) bond motifs is 2. The van der Waals surface area contributed by atoms with Gasteiger partial charge in [0.1, 0.15) is 18.6 Å². The molecule has 2 amide bonds. The number of aryl methyl sites for hydroxylation is 1. The zero-order valence-corrected chi connectivity index (χ0v) is 28.5. The van der Waals surface area contributed by atoms with E-state index in [1.807, 2.05) is 36.1 Å². The van der Waals surface area contributed by atoms with Gasteiger partial charge in [0, 0.05) is 43.5 Å². The van der Waals surface area contributed by atoms with Crippen LogP contribution in [0.3, 0.4) is 0 Å². The first-order valence-electron chi connectivity index (χ1n) is 16.2. The highest BCUT2D eigenvalue weighted by atomic mass is 35.5. The van der Waals surface area contributed by atoms with E-state index >= 15 is 0 Å². The highest BCUT2D eigenvalue weighted by Gasteiger charge is 2.32. The maximum absolute atomic E-state index is 14.3. The number of carbonyl (C=O) groups is 2. The molecule has 1 fully saturated rings. The van der Waals surface area contributed by atoms with E-state index in [-0.39, 0.29) is 77.7 Å². The smallest absolute Gasteiger partial charge is 0.416 e. The molecule has 7 rings (SSSR count). The lowest BCUT2D eigenvalue weighted by molar-refractivity contribution is -0.137. The van der Waals surface area contributed by atoms with Crippen LogP contribution in [0.5, 0.6) is 5.75 Å². The number of hydrogen-bond acceptors (Lipinski definition) is 9. The van der Waals surface area contributed by atoms with Gasteiger partial charge in [0.25, 0.3) is 11.5 Å². The van der Waals surface area contributed by atoms with Crippen molar-refractivity contribution in [3.63, 3.8) is 0 Å². The average molecular weight is 735 g/mol. The first-order valence-corrected chi connectivity index (χ1v) is 16.5. The van der Waals surface area contributed by atoms with Gasteiger partial charge < -0.3 is 29.8 Å². The van der Waals surface area contributed by atoms with Crippen molar-refractivity contribution in [2.75, 3.05) is 36.4 Å². The highest BCUT2D eigenvalue weighted by Crippen LogP contribution is 2.34. The average Bonchev–Trinajstić information content (AvgIpc) is 3.79. The van der Waals surface area contributed by atoms with Crippen molar-refractivity contribution in [3.05, 3.63) is 93.0 Å². The minimum atomic E-state index is -4.62. The van der Waals surface area contributed by atoms with Gasteiger partial charge in [0.05, 0.1) is 27.7 Å². The molecule has 0 atom stereocenters. The maximum atomic E-state index is 14.3. The highest BCUT2D eigenvalue weighted by molar-refractivity contribution is 6.33. The number of rotatable bonds is 7. The molecule has 6 aromatic rings. The summed E-state index contributed by atoms with van der Waals surface area (Å²) >= 11 is 6.13. The van der Waals surface area contributed by atoms with Crippen LogP contribution >= 0.6 is 11.6 Å². The minimum absolute atomic E-state index is 0.0258. The van der Waals surface area contributed by atoms with Crippen molar-refractivity contribution < 1.29 is 27.9 Å². The second-order valence-corrected chi connectivity index (χ2v) is 12.6. The van der Waals surface area contributed by atoms with Gasteiger partial charge in [-0.1, -0.05) is 30.7 Å². The first-order chi connectivity index (χ1) is 24.8. The molecule has 0 saturated carbocycles. The summed E-state index contributed by atoms with van der Waals surface area (Å²) in [5.41, 5.74) is 0.810. The lowest BCUT2D eigenvalue weighted by Gasteiger charge is -2.36. The quantitative estimate of drug-likeness (QED) is 0.211. The van der Waals surface area contributed by atoms with E-state index in [4.69, 9.17) is 16.6 Å². The van der Waals surface area contributed by atoms with Gasteiger partial charge in [-0.3, -0.25) is 14.4 Å². The van der Waals surface area contributed by atoms with E-state index < -0.39 is 35.7 Å². The Balaban J connectivity index is 1.26. The number of carbonyl (C=O) groups excluding carboxylic acids is 2. The van der Waals surface area contributed by atoms with Crippen LogP contribution in [0, 0.1) is 6.92 Å². The number of halogens is 4. The zero-order valence-electron chi connectivity index (χ0n) is 27.7. The Morgan fingerprint density at radius 1 is 1.06 bits per heavy atom. The molecule has 0 aliphatic carbocycles. The maximum Gasteiger partial charge on any atom is 0.416 e. The molecule has 268 valence electrons. The van der Waals surface area contributed by atoms with E-state index in [9.17, 15) is 32.7 Å². The minimum Gasteiger partial charge on any atom is -0.504 e. The van der Waals surface area contributed by atoms with Crippen molar-refractivity contribution in [1.82, 2.24) is 39.0 Å². The number of aromatic hydroxyl groups is 1. The molecular weight excluding hydrogens is 705 g/mol. The molecular formula is C34H30ClF3N10O4. The summed E-state index contributed by atoms with van der Waals surface area (Å²) in [7, 11) is 0. The fraction of sp³-hybridized carbons (Fsp3) is 0.265.